The second-order valence-corrected chi connectivity index (χ2v) is 17.4. The molecular formula is C65H42. The molecule has 0 aliphatic heterocycles. The Morgan fingerprint density at radius 2 is 0.492 bits per heavy atom. The van der Waals surface area contributed by atoms with E-state index >= 15 is 0 Å². The van der Waals surface area contributed by atoms with E-state index in [-0.39, 0.29) is 7.43 Å². The van der Waals surface area contributed by atoms with Crippen LogP contribution in [-0.4, -0.2) is 0 Å². The van der Waals surface area contributed by atoms with Crippen molar-refractivity contribution in [2.24, 2.45) is 0 Å². The van der Waals surface area contributed by atoms with Gasteiger partial charge < -0.3 is 0 Å². The van der Waals surface area contributed by atoms with Crippen molar-refractivity contribution in [2.75, 3.05) is 0 Å². The molecule has 0 aromatic heterocycles. The van der Waals surface area contributed by atoms with Crippen molar-refractivity contribution >= 4 is 43.1 Å². The van der Waals surface area contributed by atoms with E-state index in [1.165, 1.54) is 143 Å². The van der Waals surface area contributed by atoms with Gasteiger partial charge in [-0.15, -0.1) is 0 Å². The van der Waals surface area contributed by atoms with E-state index in [0.29, 0.717) is 0 Å². The average molecular weight is 823 g/mol. The van der Waals surface area contributed by atoms with Gasteiger partial charge in [-0.2, -0.15) is 0 Å². The zero-order valence-electron chi connectivity index (χ0n) is 34.9. The first kappa shape index (κ1) is 37.3. The predicted octanol–water partition coefficient (Wildman–Crippen LogP) is 18.6. The molecule has 2 aliphatic carbocycles. The molecule has 0 heteroatoms. The molecule has 0 bridgehead atoms. The van der Waals surface area contributed by atoms with Gasteiger partial charge in [0.1, 0.15) is 0 Å². The van der Waals surface area contributed by atoms with Gasteiger partial charge in [-0.05, 0) is 161 Å². The molecule has 302 valence electrons. The first-order valence-corrected chi connectivity index (χ1v) is 22.3. The molecule has 0 heterocycles. The molecule has 0 nitrogen and oxygen atoms in total. The van der Waals surface area contributed by atoms with Crippen LogP contribution in [-0.2, 0) is 0 Å². The fourth-order valence-electron chi connectivity index (χ4n) is 11.5. The third-order valence-corrected chi connectivity index (χ3v) is 14.1. The average Bonchev–Trinajstić information content (AvgIpc) is 3.87. The van der Waals surface area contributed by atoms with Gasteiger partial charge in [-0.1, -0.05) is 220 Å². The summed E-state index contributed by atoms with van der Waals surface area (Å²) in [5.41, 5.74) is 23.1. The first-order valence-electron chi connectivity index (χ1n) is 22.3. The van der Waals surface area contributed by atoms with Crippen molar-refractivity contribution in [1.29, 1.82) is 0 Å². The lowest BCUT2D eigenvalue weighted by molar-refractivity contribution is 1.60. The second-order valence-electron chi connectivity index (χ2n) is 17.4. The SMILES string of the molecule is C.c1ccc(-c2cccc(-c3c4c(c(-c5ccccc5)c5cc6ccccc6cc35)-c3ccc5c6c(ccc-4c36)-c3c-5c(-c4ccccc4)c4ccccc4c3-c3ccccc3)c2)cc1. The maximum Gasteiger partial charge on any atom is -0.000740 e. The summed E-state index contributed by atoms with van der Waals surface area (Å²) in [6.07, 6.45) is 0. The Kier molecular flexibility index (Phi) is 8.23. The van der Waals surface area contributed by atoms with Crippen LogP contribution in [0.2, 0.25) is 0 Å². The summed E-state index contributed by atoms with van der Waals surface area (Å²) in [5.74, 6) is 0. The Morgan fingerprint density at radius 1 is 0.185 bits per heavy atom. The van der Waals surface area contributed by atoms with Crippen molar-refractivity contribution in [3.05, 3.63) is 231 Å². The Bertz CT molecular complexity index is 3810. The number of hydrogen-bond acceptors (Lipinski definition) is 0. The maximum absolute atomic E-state index is 2.46. The molecule has 0 radical (unpaired) electrons. The molecule has 0 saturated carbocycles. The van der Waals surface area contributed by atoms with Gasteiger partial charge in [0.2, 0.25) is 0 Å². The standard InChI is InChI=1S/C64H38.CH4/c1-5-18-39(19-6-1)43-28-17-29-46(36-43)58-54-38-45-27-14-13-26-44(45)37-53(54)57(42-24-11-4-12-25-42)63-51-34-32-49-59-50(33-35-52(60(51)59)64(58)63)62-56(41-22-9-3-10-23-41)48-31-16-15-30-47(48)55(61(49)62)40-20-7-2-8-21-40;/h1-38H;1H4. The van der Waals surface area contributed by atoms with Gasteiger partial charge in [0.05, 0.1) is 0 Å². The molecule has 12 aromatic rings. The quantitative estimate of drug-likeness (QED) is 0.152. The molecule has 0 atom stereocenters. The van der Waals surface area contributed by atoms with Gasteiger partial charge in [-0.25, -0.2) is 0 Å². The largest absolute Gasteiger partial charge is 0.0776 e. The van der Waals surface area contributed by atoms with Crippen molar-refractivity contribution < 1.29 is 0 Å². The van der Waals surface area contributed by atoms with E-state index in [2.05, 4.69) is 231 Å². The molecular weight excluding hydrogens is 781 g/mol. The van der Waals surface area contributed by atoms with E-state index in [9.17, 15) is 0 Å². The molecule has 0 amide bonds. The number of benzene rings is 12. The lowest BCUT2D eigenvalue weighted by Crippen LogP contribution is -1.95. The molecule has 2 aliphatic rings. The Balaban J connectivity index is 0.00000423. The summed E-state index contributed by atoms with van der Waals surface area (Å²) in [4.78, 5) is 0. The second kappa shape index (κ2) is 14.4. The van der Waals surface area contributed by atoms with Crippen LogP contribution in [0.3, 0.4) is 0 Å². The third-order valence-electron chi connectivity index (χ3n) is 14.1. The maximum atomic E-state index is 2.46. The summed E-state index contributed by atoms with van der Waals surface area (Å²) in [6.45, 7) is 0. The van der Waals surface area contributed by atoms with Crippen molar-refractivity contribution in [2.45, 2.75) is 7.43 Å². The number of rotatable bonds is 5. The lowest BCUT2D eigenvalue weighted by atomic mass is 9.81. The van der Waals surface area contributed by atoms with Crippen LogP contribution in [0.25, 0.3) is 143 Å². The molecule has 12 aromatic carbocycles. The predicted molar refractivity (Wildman–Crippen MR) is 279 cm³/mol. The minimum Gasteiger partial charge on any atom is -0.0776 e. The highest BCUT2D eigenvalue weighted by atomic mass is 14.4. The van der Waals surface area contributed by atoms with Crippen LogP contribution < -0.4 is 0 Å². The van der Waals surface area contributed by atoms with Crippen LogP contribution in [0.15, 0.2) is 231 Å². The van der Waals surface area contributed by atoms with Crippen LogP contribution in [0.4, 0.5) is 0 Å². The molecule has 0 fully saturated rings. The Labute approximate surface area is 379 Å². The number of hydrogen-bond donors (Lipinski definition) is 0. The Morgan fingerprint density at radius 3 is 0.908 bits per heavy atom. The molecule has 0 saturated heterocycles. The normalized spacial score (nSPS) is 11.9. The van der Waals surface area contributed by atoms with E-state index in [0.717, 1.165) is 0 Å². The zero-order chi connectivity index (χ0) is 41.9. The molecule has 0 unspecified atom stereocenters. The minimum absolute atomic E-state index is 0. The Hall–Kier alpha value is -8.32. The summed E-state index contributed by atoms with van der Waals surface area (Å²) < 4.78 is 0. The van der Waals surface area contributed by atoms with Crippen LogP contribution in [0, 0.1) is 0 Å². The first-order chi connectivity index (χ1) is 31.8. The molecule has 65 heavy (non-hydrogen) atoms. The minimum atomic E-state index is 0. The van der Waals surface area contributed by atoms with Crippen molar-refractivity contribution in [3.8, 4) is 100 Å². The van der Waals surface area contributed by atoms with Gasteiger partial charge in [0, 0.05) is 0 Å². The van der Waals surface area contributed by atoms with Gasteiger partial charge in [0.15, 0.2) is 0 Å². The highest BCUT2D eigenvalue weighted by Gasteiger charge is 2.37. The fourth-order valence-corrected chi connectivity index (χ4v) is 11.5. The van der Waals surface area contributed by atoms with Gasteiger partial charge >= 0.3 is 0 Å². The lowest BCUT2D eigenvalue weighted by Gasteiger charge is -2.22. The smallest absolute Gasteiger partial charge is 0.000740 e. The topological polar surface area (TPSA) is 0 Å². The molecule has 0 N–H and O–H groups in total. The highest BCUT2D eigenvalue weighted by molar-refractivity contribution is 6.35. The zero-order valence-corrected chi connectivity index (χ0v) is 34.9. The van der Waals surface area contributed by atoms with Crippen LogP contribution in [0.1, 0.15) is 7.43 Å². The highest BCUT2D eigenvalue weighted by Crippen LogP contribution is 2.64. The van der Waals surface area contributed by atoms with E-state index < -0.39 is 0 Å². The van der Waals surface area contributed by atoms with Crippen molar-refractivity contribution in [1.82, 2.24) is 0 Å². The number of fused-ring (bicyclic) bond motifs is 9. The van der Waals surface area contributed by atoms with Gasteiger partial charge in [0.25, 0.3) is 0 Å². The van der Waals surface area contributed by atoms with E-state index in [1.54, 1.807) is 0 Å². The van der Waals surface area contributed by atoms with E-state index in [1.807, 2.05) is 0 Å². The fraction of sp³-hybridized carbons (Fsp3) is 0.0154. The summed E-state index contributed by atoms with van der Waals surface area (Å²) in [6, 6.07) is 86.0. The summed E-state index contributed by atoms with van der Waals surface area (Å²) in [7, 11) is 0. The third kappa shape index (κ3) is 5.32. The van der Waals surface area contributed by atoms with Crippen LogP contribution in [0.5, 0.6) is 0 Å². The van der Waals surface area contributed by atoms with Crippen molar-refractivity contribution in [3.63, 3.8) is 0 Å². The molecule has 14 rings (SSSR count). The monoisotopic (exact) mass is 822 g/mol. The van der Waals surface area contributed by atoms with E-state index in [4.69, 9.17) is 0 Å². The summed E-state index contributed by atoms with van der Waals surface area (Å²) in [5, 5.41) is 10.3. The van der Waals surface area contributed by atoms with Crippen LogP contribution >= 0.6 is 0 Å². The van der Waals surface area contributed by atoms with Gasteiger partial charge in [-0.3, -0.25) is 0 Å². The molecule has 0 spiro atoms. The summed E-state index contributed by atoms with van der Waals surface area (Å²) >= 11 is 0.